The van der Waals surface area contributed by atoms with Crippen molar-refractivity contribution in [2.24, 2.45) is 0 Å². The number of rotatable bonds is 2. The number of nitrogens with zero attached hydrogens (tertiary/aromatic N) is 1. The minimum Gasteiger partial charge on any atom is -0.281 e. The quantitative estimate of drug-likeness (QED) is 0.648. The van der Waals surface area contributed by atoms with Gasteiger partial charge in [-0.3, -0.25) is 9.78 Å². The number of hydrogen-bond acceptors (Lipinski definition) is 3. The van der Waals surface area contributed by atoms with Crippen molar-refractivity contribution in [3.63, 3.8) is 0 Å². The fraction of sp³-hybridized carbons (Fsp3) is 0.0588. The van der Waals surface area contributed by atoms with Crippen LogP contribution in [0.2, 0.25) is 0 Å². The molecule has 0 amide bonds. The lowest BCUT2D eigenvalue weighted by Crippen LogP contribution is -1.94. The molecule has 0 aliphatic carbocycles. The van der Waals surface area contributed by atoms with Crippen LogP contribution in [0.15, 0.2) is 65.7 Å². The molecule has 0 aliphatic heterocycles. The van der Waals surface area contributed by atoms with Gasteiger partial charge in [0.15, 0.2) is 0 Å². The molecule has 0 radical (unpaired) electrons. The number of carbonyl (C=O) groups excluding carboxylic acids is 1. The van der Waals surface area contributed by atoms with E-state index in [1.165, 1.54) is 11.8 Å². The van der Waals surface area contributed by atoms with E-state index in [1.54, 1.807) is 6.20 Å². The highest BCUT2D eigenvalue weighted by molar-refractivity contribution is 8.14. The maximum Gasteiger partial charge on any atom is 0.224 e. The number of carbonyl (C=O) groups is 1. The highest BCUT2D eigenvalue weighted by Crippen LogP contribution is 2.28. The van der Waals surface area contributed by atoms with E-state index in [2.05, 4.69) is 4.98 Å². The molecule has 3 rings (SSSR count). The number of thioether (sulfide) groups is 1. The molecule has 0 spiro atoms. The zero-order chi connectivity index (χ0) is 13.9. The third kappa shape index (κ3) is 2.58. The molecule has 3 heteroatoms. The Bertz CT molecular complexity index is 760. The van der Waals surface area contributed by atoms with E-state index in [1.807, 2.05) is 61.5 Å². The molecular weight excluding hydrogens is 266 g/mol. The normalized spacial score (nSPS) is 10.7. The Kier molecular flexibility index (Phi) is 3.52. The molecular formula is C17H13NOS. The van der Waals surface area contributed by atoms with Crippen molar-refractivity contribution >= 4 is 27.8 Å². The summed E-state index contributed by atoms with van der Waals surface area (Å²) in [6, 6.07) is 17.4. The second kappa shape index (κ2) is 5.47. The number of para-hydroxylation sites is 1. The lowest BCUT2D eigenvalue weighted by Gasteiger charge is -2.05. The molecule has 0 unspecified atom stereocenters. The average Bonchev–Trinajstić information content (AvgIpc) is 2.48. The van der Waals surface area contributed by atoms with Crippen molar-refractivity contribution in [3.05, 3.63) is 71.9 Å². The maximum atomic E-state index is 12.3. The number of aromatic nitrogens is 1. The molecule has 0 atom stereocenters. The summed E-state index contributed by atoms with van der Waals surface area (Å²) in [6.07, 6.45) is 1.75. The van der Waals surface area contributed by atoms with Crippen LogP contribution < -0.4 is 0 Å². The van der Waals surface area contributed by atoms with E-state index in [9.17, 15) is 4.79 Å². The Morgan fingerprint density at radius 1 is 1.00 bits per heavy atom. The Morgan fingerprint density at radius 2 is 1.75 bits per heavy atom. The Labute approximate surface area is 121 Å². The monoisotopic (exact) mass is 279 g/mol. The summed E-state index contributed by atoms with van der Waals surface area (Å²) in [5.74, 6) is 0. The van der Waals surface area contributed by atoms with Gasteiger partial charge in [0.05, 0.1) is 5.52 Å². The minimum atomic E-state index is 0.0446. The van der Waals surface area contributed by atoms with Gasteiger partial charge in [-0.2, -0.15) is 0 Å². The Morgan fingerprint density at radius 3 is 2.55 bits per heavy atom. The maximum absolute atomic E-state index is 12.3. The highest BCUT2D eigenvalue weighted by Gasteiger charge is 2.10. The smallest absolute Gasteiger partial charge is 0.224 e. The predicted octanol–water partition coefficient (Wildman–Crippen LogP) is 4.48. The first kappa shape index (κ1) is 12.9. The third-order valence-electron chi connectivity index (χ3n) is 3.09. The molecule has 0 saturated heterocycles. The number of benzene rings is 2. The van der Waals surface area contributed by atoms with E-state index in [0.717, 1.165) is 21.4 Å². The van der Waals surface area contributed by atoms with Gasteiger partial charge in [0.2, 0.25) is 5.12 Å². The summed E-state index contributed by atoms with van der Waals surface area (Å²) in [4.78, 5) is 17.6. The van der Waals surface area contributed by atoms with Gasteiger partial charge in [-0.05, 0) is 30.8 Å². The topological polar surface area (TPSA) is 30.0 Å². The third-order valence-corrected chi connectivity index (χ3v) is 4.06. The van der Waals surface area contributed by atoms with Gasteiger partial charge in [0.25, 0.3) is 0 Å². The fourth-order valence-electron chi connectivity index (χ4n) is 2.01. The summed E-state index contributed by atoms with van der Waals surface area (Å²) < 4.78 is 0. The van der Waals surface area contributed by atoms with Gasteiger partial charge < -0.3 is 0 Å². The standard InChI is InChI=1S/C17H13NOS/c1-12-7-9-14(10-8-12)17(19)20-15-6-2-4-13-5-3-11-18-16(13)15/h2-11H,1H3. The predicted molar refractivity (Wildman–Crippen MR) is 83.1 cm³/mol. The minimum absolute atomic E-state index is 0.0446. The van der Waals surface area contributed by atoms with E-state index in [-0.39, 0.29) is 5.12 Å². The van der Waals surface area contributed by atoms with Crippen LogP contribution in [0.25, 0.3) is 10.9 Å². The molecule has 2 aromatic carbocycles. The van der Waals surface area contributed by atoms with Crippen molar-refractivity contribution in [1.82, 2.24) is 4.98 Å². The van der Waals surface area contributed by atoms with Crippen LogP contribution in [0.1, 0.15) is 15.9 Å². The van der Waals surface area contributed by atoms with Gasteiger partial charge in [-0.15, -0.1) is 0 Å². The first-order valence-electron chi connectivity index (χ1n) is 6.36. The first-order valence-corrected chi connectivity index (χ1v) is 7.18. The second-order valence-corrected chi connectivity index (χ2v) is 5.60. The van der Waals surface area contributed by atoms with Gasteiger partial charge in [-0.1, -0.05) is 48.0 Å². The van der Waals surface area contributed by atoms with Crippen LogP contribution in [0.4, 0.5) is 0 Å². The van der Waals surface area contributed by atoms with E-state index < -0.39 is 0 Å². The molecule has 2 nitrogen and oxygen atoms in total. The summed E-state index contributed by atoms with van der Waals surface area (Å²) in [7, 11) is 0. The SMILES string of the molecule is Cc1ccc(C(=O)Sc2cccc3cccnc23)cc1. The molecule has 20 heavy (non-hydrogen) atoms. The van der Waals surface area contributed by atoms with Gasteiger partial charge in [-0.25, -0.2) is 0 Å². The molecule has 3 aromatic rings. The van der Waals surface area contributed by atoms with E-state index in [0.29, 0.717) is 5.56 Å². The Hall–Kier alpha value is -2.13. The Balaban J connectivity index is 1.93. The summed E-state index contributed by atoms with van der Waals surface area (Å²) in [5.41, 5.74) is 2.74. The zero-order valence-electron chi connectivity index (χ0n) is 11.0. The van der Waals surface area contributed by atoms with Crippen LogP contribution in [-0.4, -0.2) is 10.1 Å². The van der Waals surface area contributed by atoms with Crippen molar-refractivity contribution in [2.75, 3.05) is 0 Å². The van der Waals surface area contributed by atoms with Crippen LogP contribution in [0.5, 0.6) is 0 Å². The lowest BCUT2D eigenvalue weighted by atomic mass is 10.2. The number of aryl methyl sites for hydroxylation is 1. The van der Waals surface area contributed by atoms with Gasteiger partial charge in [0.1, 0.15) is 0 Å². The summed E-state index contributed by atoms with van der Waals surface area (Å²) in [5, 5.41) is 1.09. The molecule has 98 valence electrons. The fourth-order valence-corrected chi connectivity index (χ4v) is 2.87. The zero-order valence-corrected chi connectivity index (χ0v) is 11.9. The van der Waals surface area contributed by atoms with Gasteiger partial charge >= 0.3 is 0 Å². The molecule has 0 fully saturated rings. The van der Waals surface area contributed by atoms with Gasteiger partial charge in [0, 0.05) is 22.0 Å². The largest absolute Gasteiger partial charge is 0.281 e. The van der Waals surface area contributed by atoms with Crippen molar-refractivity contribution in [3.8, 4) is 0 Å². The van der Waals surface area contributed by atoms with E-state index >= 15 is 0 Å². The molecule has 0 aliphatic rings. The molecule has 1 heterocycles. The molecule has 0 bridgehead atoms. The number of pyridine rings is 1. The summed E-state index contributed by atoms with van der Waals surface area (Å²) in [6.45, 7) is 2.01. The number of fused-ring (bicyclic) bond motifs is 1. The van der Waals surface area contributed by atoms with Crippen molar-refractivity contribution in [2.45, 2.75) is 11.8 Å². The van der Waals surface area contributed by atoms with Crippen LogP contribution in [-0.2, 0) is 0 Å². The van der Waals surface area contributed by atoms with Crippen LogP contribution >= 0.6 is 11.8 Å². The average molecular weight is 279 g/mol. The number of hydrogen-bond donors (Lipinski definition) is 0. The van der Waals surface area contributed by atoms with Crippen LogP contribution in [0.3, 0.4) is 0 Å². The lowest BCUT2D eigenvalue weighted by molar-refractivity contribution is 0.108. The summed E-state index contributed by atoms with van der Waals surface area (Å²) >= 11 is 1.23. The van der Waals surface area contributed by atoms with E-state index in [4.69, 9.17) is 0 Å². The van der Waals surface area contributed by atoms with Crippen molar-refractivity contribution < 1.29 is 4.79 Å². The molecule has 1 aromatic heterocycles. The van der Waals surface area contributed by atoms with Crippen LogP contribution in [0, 0.1) is 6.92 Å². The highest BCUT2D eigenvalue weighted by atomic mass is 32.2. The first-order chi connectivity index (χ1) is 9.74. The molecule has 0 N–H and O–H groups in total. The molecule has 0 saturated carbocycles. The second-order valence-electron chi connectivity index (χ2n) is 4.59. The van der Waals surface area contributed by atoms with Crippen molar-refractivity contribution in [1.29, 1.82) is 0 Å².